The predicted octanol–water partition coefficient (Wildman–Crippen LogP) is 4.59. The molecule has 4 heterocycles. The zero-order valence-electron chi connectivity index (χ0n) is 19.7. The molecule has 3 aromatic heterocycles. The molecule has 1 atom stereocenters. The van der Waals surface area contributed by atoms with E-state index in [2.05, 4.69) is 10.3 Å². The maximum absolute atomic E-state index is 13.1. The number of rotatable bonds is 8. The summed E-state index contributed by atoms with van der Waals surface area (Å²) in [6.07, 6.45) is 3.47. The maximum Gasteiger partial charge on any atom is 0.342 e. The number of aryl methyl sites for hydroxylation is 2. The second-order valence-electron chi connectivity index (χ2n) is 8.16. The van der Waals surface area contributed by atoms with Gasteiger partial charge in [0.25, 0.3) is 5.91 Å². The molecule has 0 spiro atoms. The van der Waals surface area contributed by atoms with Gasteiger partial charge in [0, 0.05) is 6.42 Å². The molecule has 1 unspecified atom stereocenters. The van der Waals surface area contributed by atoms with Crippen LogP contribution in [0, 0.1) is 13.8 Å². The molecule has 0 fully saturated rings. The molecule has 0 N–H and O–H groups in total. The smallest absolute Gasteiger partial charge is 0.342 e. The lowest BCUT2D eigenvalue weighted by molar-refractivity contribution is -0.136. The van der Waals surface area contributed by atoms with Gasteiger partial charge in [-0.1, -0.05) is 17.3 Å². The highest BCUT2D eigenvalue weighted by atomic mass is 16.5. The number of furan rings is 2. The van der Waals surface area contributed by atoms with Gasteiger partial charge in [0.05, 0.1) is 23.8 Å². The van der Waals surface area contributed by atoms with E-state index in [4.69, 9.17) is 22.8 Å². The maximum atomic E-state index is 13.1. The predicted molar refractivity (Wildman–Crippen MR) is 125 cm³/mol. The van der Waals surface area contributed by atoms with Crippen LogP contribution in [0.2, 0.25) is 0 Å². The lowest BCUT2D eigenvalue weighted by Crippen LogP contribution is -2.31. The van der Waals surface area contributed by atoms with Crippen molar-refractivity contribution in [2.24, 2.45) is 5.10 Å². The Kier molecular flexibility index (Phi) is 6.40. The normalized spacial score (nSPS) is 15.1. The number of aromatic nitrogens is 1. The Labute approximate surface area is 206 Å². The number of esters is 1. The van der Waals surface area contributed by atoms with E-state index in [1.165, 1.54) is 17.5 Å². The van der Waals surface area contributed by atoms with Crippen molar-refractivity contribution >= 4 is 17.6 Å². The highest BCUT2D eigenvalue weighted by Gasteiger charge is 2.36. The molecular weight excluding hydrogens is 466 g/mol. The number of benzene rings is 1. The highest BCUT2D eigenvalue weighted by molar-refractivity contribution is 6.01. The second kappa shape index (κ2) is 9.95. The first-order valence-corrected chi connectivity index (χ1v) is 11.3. The Morgan fingerprint density at radius 2 is 1.86 bits per heavy atom. The topological polar surface area (TPSA) is 121 Å². The van der Waals surface area contributed by atoms with Crippen LogP contribution >= 0.6 is 0 Å². The van der Waals surface area contributed by atoms with Gasteiger partial charge in [-0.2, -0.15) is 5.10 Å². The fourth-order valence-corrected chi connectivity index (χ4v) is 3.92. The van der Waals surface area contributed by atoms with E-state index in [1.807, 2.05) is 6.92 Å². The number of hydrogen-bond acceptors (Lipinski definition) is 9. The van der Waals surface area contributed by atoms with E-state index in [9.17, 15) is 9.59 Å². The lowest BCUT2D eigenvalue weighted by atomic mass is 10.1. The summed E-state index contributed by atoms with van der Waals surface area (Å²) in [5.41, 5.74) is 2.31. The SMILES string of the molecule is Cc1noc(C)c1COc1ccccc1C(=O)OCC(=O)N1N=C(c2ccco2)CC1c1ccco1. The minimum atomic E-state index is -0.693. The van der Waals surface area contributed by atoms with Gasteiger partial charge in [-0.25, -0.2) is 9.80 Å². The number of hydrazone groups is 1. The number of ether oxygens (including phenoxy) is 2. The zero-order chi connectivity index (χ0) is 25.1. The van der Waals surface area contributed by atoms with Crippen LogP contribution in [0.1, 0.15) is 51.4 Å². The van der Waals surface area contributed by atoms with Crippen LogP contribution in [0.3, 0.4) is 0 Å². The van der Waals surface area contributed by atoms with Gasteiger partial charge >= 0.3 is 5.97 Å². The summed E-state index contributed by atoms with van der Waals surface area (Å²) in [5, 5.41) is 9.60. The van der Waals surface area contributed by atoms with Gasteiger partial charge in [-0.3, -0.25) is 4.79 Å². The molecule has 0 aliphatic carbocycles. The van der Waals surface area contributed by atoms with Crippen molar-refractivity contribution in [1.82, 2.24) is 10.2 Å². The van der Waals surface area contributed by atoms with Crippen molar-refractivity contribution in [2.75, 3.05) is 6.61 Å². The monoisotopic (exact) mass is 489 g/mol. The summed E-state index contributed by atoms with van der Waals surface area (Å²) < 4.78 is 27.3. The van der Waals surface area contributed by atoms with Gasteiger partial charge in [0.1, 0.15) is 47.0 Å². The molecule has 10 nitrogen and oxygen atoms in total. The molecule has 1 aliphatic heterocycles. The fraction of sp³-hybridized carbons (Fsp3) is 0.231. The number of carbonyl (C=O) groups excluding carboxylic acids is 2. The minimum Gasteiger partial charge on any atom is -0.488 e. The summed E-state index contributed by atoms with van der Waals surface area (Å²) in [5.74, 6) is 0.899. The molecule has 1 amide bonds. The van der Waals surface area contributed by atoms with Crippen LogP contribution in [0.5, 0.6) is 5.75 Å². The number of nitrogens with zero attached hydrogens (tertiary/aromatic N) is 3. The quantitative estimate of drug-likeness (QED) is 0.330. The molecule has 10 heteroatoms. The Balaban J connectivity index is 1.27. The third kappa shape index (κ3) is 4.65. The standard InChI is InChI=1S/C26H23N3O7/c1-16-19(17(2)36-28-16)14-34-22-8-4-3-7-18(22)26(31)35-15-25(30)29-21(24-10-6-12-33-24)13-20(27-29)23-9-5-11-32-23/h3-12,21H,13-15H2,1-2H3. The largest absolute Gasteiger partial charge is 0.488 e. The van der Waals surface area contributed by atoms with E-state index >= 15 is 0 Å². The van der Waals surface area contributed by atoms with Crippen LogP contribution in [0.25, 0.3) is 0 Å². The molecule has 5 rings (SSSR count). The number of para-hydroxylation sites is 1. The van der Waals surface area contributed by atoms with Crippen molar-refractivity contribution in [1.29, 1.82) is 0 Å². The zero-order valence-corrected chi connectivity index (χ0v) is 19.7. The molecule has 1 aliphatic rings. The highest BCUT2D eigenvalue weighted by Crippen LogP contribution is 2.33. The van der Waals surface area contributed by atoms with Crippen LogP contribution in [0.15, 0.2) is 79.5 Å². The fourth-order valence-electron chi connectivity index (χ4n) is 3.92. The number of hydrogen-bond donors (Lipinski definition) is 0. The van der Waals surface area contributed by atoms with Crippen LogP contribution in [-0.2, 0) is 16.1 Å². The first kappa shape index (κ1) is 23.2. The van der Waals surface area contributed by atoms with Crippen molar-refractivity contribution < 1.29 is 32.4 Å². The molecule has 0 saturated heterocycles. The van der Waals surface area contributed by atoms with E-state index in [1.54, 1.807) is 55.5 Å². The van der Waals surface area contributed by atoms with Gasteiger partial charge < -0.3 is 22.8 Å². The molecule has 0 bridgehead atoms. The second-order valence-corrected chi connectivity index (χ2v) is 8.16. The summed E-state index contributed by atoms with van der Waals surface area (Å²) >= 11 is 0. The summed E-state index contributed by atoms with van der Waals surface area (Å²) in [4.78, 5) is 25.9. The van der Waals surface area contributed by atoms with Gasteiger partial charge in [-0.05, 0) is 50.2 Å². The van der Waals surface area contributed by atoms with Crippen LogP contribution in [0.4, 0.5) is 0 Å². The van der Waals surface area contributed by atoms with Crippen molar-refractivity contribution in [3.8, 4) is 5.75 Å². The molecule has 0 radical (unpaired) electrons. The summed E-state index contributed by atoms with van der Waals surface area (Å²) in [7, 11) is 0. The number of carbonyl (C=O) groups is 2. The van der Waals surface area contributed by atoms with Gasteiger partial charge in [0.15, 0.2) is 6.61 Å². The van der Waals surface area contributed by atoms with Crippen molar-refractivity contribution in [3.05, 3.63) is 95.2 Å². The van der Waals surface area contributed by atoms with E-state index in [0.29, 0.717) is 40.9 Å². The third-order valence-electron chi connectivity index (χ3n) is 5.83. The van der Waals surface area contributed by atoms with Crippen molar-refractivity contribution in [2.45, 2.75) is 32.9 Å². The molecular formula is C26H23N3O7. The van der Waals surface area contributed by atoms with Crippen LogP contribution in [-0.4, -0.2) is 34.4 Å². The first-order chi connectivity index (χ1) is 17.5. The summed E-state index contributed by atoms with van der Waals surface area (Å²) in [6.45, 7) is 3.27. The Morgan fingerprint density at radius 1 is 1.06 bits per heavy atom. The van der Waals surface area contributed by atoms with Crippen LogP contribution < -0.4 is 4.74 Å². The molecule has 184 valence electrons. The minimum absolute atomic E-state index is 0.174. The number of amides is 1. The Bertz CT molecular complexity index is 1370. The average molecular weight is 489 g/mol. The van der Waals surface area contributed by atoms with Gasteiger partial charge in [0.2, 0.25) is 0 Å². The Morgan fingerprint density at radius 3 is 2.58 bits per heavy atom. The van der Waals surface area contributed by atoms with E-state index < -0.39 is 24.5 Å². The molecule has 4 aromatic rings. The average Bonchev–Trinajstić information content (AvgIpc) is 3.69. The molecule has 0 saturated carbocycles. The van der Waals surface area contributed by atoms with E-state index in [0.717, 1.165) is 5.56 Å². The lowest BCUT2D eigenvalue weighted by Gasteiger charge is -2.19. The third-order valence-corrected chi connectivity index (χ3v) is 5.83. The van der Waals surface area contributed by atoms with Crippen molar-refractivity contribution in [3.63, 3.8) is 0 Å². The molecule has 36 heavy (non-hydrogen) atoms. The Hall–Kier alpha value is -4.60. The molecule has 1 aromatic carbocycles. The van der Waals surface area contributed by atoms with E-state index in [-0.39, 0.29) is 12.2 Å². The first-order valence-electron chi connectivity index (χ1n) is 11.3. The van der Waals surface area contributed by atoms with Gasteiger partial charge in [-0.15, -0.1) is 0 Å². The summed E-state index contributed by atoms with van der Waals surface area (Å²) in [6, 6.07) is 13.2.